The Balaban J connectivity index is 4.40. The zero-order valence-electron chi connectivity index (χ0n) is 41.5. The van der Waals surface area contributed by atoms with Gasteiger partial charge in [-0.05, 0) is 128 Å². The van der Waals surface area contributed by atoms with Gasteiger partial charge in [0.2, 0.25) is 0 Å². The second kappa shape index (κ2) is 53.6. The highest BCUT2D eigenvalue weighted by atomic mass is 16.6. The number of esters is 2. The van der Waals surface area contributed by atoms with E-state index in [9.17, 15) is 9.59 Å². The molecule has 0 radical (unpaired) electrons. The SMILES string of the molecule is CC/C=C\C/C=C\C/C=C\C/C=C\C/C=C\CCCCCCOCC(COC(=O)CCCCCCC/C=C\C/C=C\CCCCC)OC(=O)CCCCC/C=C\C/C=C\C/C=C\CC. The maximum Gasteiger partial charge on any atom is 0.306 e. The van der Waals surface area contributed by atoms with Gasteiger partial charge in [-0.25, -0.2) is 0 Å². The van der Waals surface area contributed by atoms with Gasteiger partial charge in [0.25, 0.3) is 0 Å². The van der Waals surface area contributed by atoms with Crippen molar-refractivity contribution < 1.29 is 23.8 Å². The molecule has 0 aromatic heterocycles. The summed E-state index contributed by atoms with van der Waals surface area (Å²) in [5.41, 5.74) is 0. The van der Waals surface area contributed by atoms with E-state index in [1.807, 2.05) is 0 Å². The van der Waals surface area contributed by atoms with Crippen molar-refractivity contribution in [3.05, 3.63) is 122 Å². The summed E-state index contributed by atoms with van der Waals surface area (Å²) in [5, 5.41) is 0. The molecule has 0 heterocycles. The zero-order valence-corrected chi connectivity index (χ0v) is 41.5. The molecule has 0 fully saturated rings. The predicted molar refractivity (Wildman–Crippen MR) is 279 cm³/mol. The third kappa shape index (κ3) is 50.9. The molecule has 0 aromatic carbocycles. The van der Waals surface area contributed by atoms with Crippen LogP contribution in [0.5, 0.6) is 0 Å². The van der Waals surface area contributed by atoms with Crippen LogP contribution in [0.3, 0.4) is 0 Å². The minimum absolute atomic E-state index is 0.0478. The molecule has 0 saturated carbocycles. The van der Waals surface area contributed by atoms with Crippen molar-refractivity contribution in [3.63, 3.8) is 0 Å². The lowest BCUT2D eigenvalue weighted by molar-refractivity contribution is -0.163. The highest BCUT2D eigenvalue weighted by Crippen LogP contribution is 2.12. The minimum Gasteiger partial charge on any atom is -0.462 e. The summed E-state index contributed by atoms with van der Waals surface area (Å²) in [4.78, 5) is 25.4. The number of ether oxygens (including phenoxy) is 3. The molecule has 64 heavy (non-hydrogen) atoms. The summed E-state index contributed by atoms with van der Waals surface area (Å²) in [6.45, 7) is 7.45. The molecule has 0 aliphatic rings. The third-order valence-corrected chi connectivity index (χ3v) is 10.5. The number of carbonyl (C=O) groups excluding carboxylic acids is 2. The number of hydrogen-bond acceptors (Lipinski definition) is 5. The van der Waals surface area contributed by atoms with E-state index in [2.05, 4.69) is 142 Å². The molecule has 5 nitrogen and oxygen atoms in total. The van der Waals surface area contributed by atoms with E-state index in [-0.39, 0.29) is 25.2 Å². The van der Waals surface area contributed by atoms with E-state index in [0.29, 0.717) is 19.4 Å². The second-order valence-electron chi connectivity index (χ2n) is 16.7. The molecule has 5 heteroatoms. The summed E-state index contributed by atoms with van der Waals surface area (Å²) >= 11 is 0. The first-order valence-corrected chi connectivity index (χ1v) is 26.1. The van der Waals surface area contributed by atoms with Crippen molar-refractivity contribution >= 4 is 11.9 Å². The van der Waals surface area contributed by atoms with Crippen molar-refractivity contribution in [1.82, 2.24) is 0 Å². The average molecular weight is 885 g/mol. The van der Waals surface area contributed by atoms with E-state index >= 15 is 0 Å². The van der Waals surface area contributed by atoms with Gasteiger partial charge in [0.1, 0.15) is 6.61 Å². The molecule has 0 saturated heterocycles. The highest BCUT2D eigenvalue weighted by molar-refractivity contribution is 5.70. The Morgan fingerprint density at radius 1 is 0.359 bits per heavy atom. The van der Waals surface area contributed by atoms with Crippen LogP contribution >= 0.6 is 0 Å². The average Bonchev–Trinajstić information content (AvgIpc) is 3.30. The fraction of sp³-hybridized carbons (Fsp3) is 0.627. The largest absolute Gasteiger partial charge is 0.462 e. The molecule has 0 aliphatic carbocycles. The summed E-state index contributed by atoms with van der Waals surface area (Å²) < 4.78 is 17.3. The quantitative estimate of drug-likeness (QED) is 0.0346. The highest BCUT2D eigenvalue weighted by Gasteiger charge is 2.17. The van der Waals surface area contributed by atoms with Crippen molar-refractivity contribution in [1.29, 1.82) is 0 Å². The Hall–Kier alpha value is -3.70. The molecule has 0 amide bonds. The lowest BCUT2D eigenvalue weighted by Crippen LogP contribution is -2.30. The van der Waals surface area contributed by atoms with E-state index in [1.165, 1.54) is 44.9 Å². The minimum atomic E-state index is -0.579. The third-order valence-electron chi connectivity index (χ3n) is 10.5. The smallest absolute Gasteiger partial charge is 0.306 e. The van der Waals surface area contributed by atoms with Gasteiger partial charge in [0, 0.05) is 19.4 Å². The second-order valence-corrected chi connectivity index (χ2v) is 16.7. The maximum absolute atomic E-state index is 12.8. The molecule has 0 bridgehead atoms. The molecule has 1 atom stereocenters. The van der Waals surface area contributed by atoms with Crippen LogP contribution in [0.2, 0.25) is 0 Å². The molecule has 1 unspecified atom stereocenters. The van der Waals surface area contributed by atoms with Crippen LogP contribution < -0.4 is 0 Å². The zero-order chi connectivity index (χ0) is 46.3. The molecular formula is C59H96O5. The van der Waals surface area contributed by atoms with Crippen molar-refractivity contribution in [2.75, 3.05) is 19.8 Å². The van der Waals surface area contributed by atoms with E-state index in [4.69, 9.17) is 14.2 Å². The van der Waals surface area contributed by atoms with Crippen LogP contribution in [0.25, 0.3) is 0 Å². The van der Waals surface area contributed by atoms with Crippen LogP contribution in [0.1, 0.15) is 213 Å². The van der Waals surface area contributed by atoms with Crippen LogP contribution in [0.4, 0.5) is 0 Å². The summed E-state index contributed by atoms with van der Waals surface area (Å²) in [5.74, 6) is -0.470. The molecule has 0 spiro atoms. The van der Waals surface area contributed by atoms with Crippen molar-refractivity contribution in [3.8, 4) is 0 Å². The Morgan fingerprint density at radius 2 is 0.703 bits per heavy atom. The predicted octanol–water partition coefficient (Wildman–Crippen LogP) is 17.8. The first kappa shape index (κ1) is 60.3. The monoisotopic (exact) mass is 885 g/mol. The molecule has 0 N–H and O–H groups in total. The Bertz CT molecular complexity index is 1320. The van der Waals surface area contributed by atoms with Crippen molar-refractivity contribution in [2.45, 2.75) is 219 Å². The Morgan fingerprint density at radius 3 is 1.14 bits per heavy atom. The van der Waals surface area contributed by atoms with Gasteiger partial charge < -0.3 is 14.2 Å². The molecular weight excluding hydrogens is 789 g/mol. The molecule has 0 aliphatic heterocycles. The summed E-state index contributed by atoms with van der Waals surface area (Å²) in [6.07, 6.45) is 74.9. The van der Waals surface area contributed by atoms with Gasteiger partial charge >= 0.3 is 11.9 Å². The van der Waals surface area contributed by atoms with Crippen LogP contribution in [-0.2, 0) is 23.8 Å². The van der Waals surface area contributed by atoms with Crippen LogP contribution in [0.15, 0.2) is 122 Å². The Labute approximate surface area is 395 Å². The maximum atomic E-state index is 12.8. The lowest BCUT2D eigenvalue weighted by Gasteiger charge is -2.18. The normalized spacial score (nSPS) is 13.2. The molecule has 0 aromatic rings. The van der Waals surface area contributed by atoms with Gasteiger partial charge in [0.05, 0.1) is 6.61 Å². The van der Waals surface area contributed by atoms with Gasteiger partial charge in [-0.15, -0.1) is 0 Å². The van der Waals surface area contributed by atoms with Crippen LogP contribution in [-0.4, -0.2) is 37.9 Å². The Kier molecular flexibility index (Phi) is 50.5. The van der Waals surface area contributed by atoms with E-state index in [1.54, 1.807) is 0 Å². The van der Waals surface area contributed by atoms with Crippen molar-refractivity contribution in [2.24, 2.45) is 0 Å². The fourth-order valence-electron chi connectivity index (χ4n) is 6.64. The number of allylic oxidation sites excluding steroid dienone is 20. The van der Waals surface area contributed by atoms with Gasteiger partial charge in [0.15, 0.2) is 6.10 Å². The number of unbranched alkanes of at least 4 members (excludes halogenated alkanes) is 15. The first-order chi connectivity index (χ1) is 31.6. The molecule has 0 rings (SSSR count). The van der Waals surface area contributed by atoms with Crippen LogP contribution in [0, 0.1) is 0 Å². The van der Waals surface area contributed by atoms with Gasteiger partial charge in [-0.1, -0.05) is 194 Å². The van der Waals surface area contributed by atoms with E-state index < -0.39 is 6.10 Å². The lowest BCUT2D eigenvalue weighted by atomic mass is 10.1. The number of carbonyl (C=O) groups is 2. The first-order valence-electron chi connectivity index (χ1n) is 26.1. The summed E-state index contributed by atoms with van der Waals surface area (Å²) in [7, 11) is 0. The van der Waals surface area contributed by atoms with Gasteiger partial charge in [-0.2, -0.15) is 0 Å². The number of hydrogen-bond donors (Lipinski definition) is 0. The fourth-order valence-corrected chi connectivity index (χ4v) is 6.64. The van der Waals surface area contributed by atoms with E-state index in [0.717, 1.165) is 135 Å². The topological polar surface area (TPSA) is 61.8 Å². The number of rotatable bonds is 46. The summed E-state index contributed by atoms with van der Waals surface area (Å²) in [6, 6.07) is 0. The molecule has 362 valence electrons. The van der Waals surface area contributed by atoms with Gasteiger partial charge in [-0.3, -0.25) is 9.59 Å². The standard InChI is InChI=1S/C59H96O5/c1-4-7-10-13-16-19-22-25-27-28-29-30-31-33-36-39-42-45-48-51-54-62-55-57(64-59(61)53-50-47-44-41-38-34-24-21-18-15-12-9-6-3)56-63-58(60)52-49-46-43-40-37-35-32-26-23-20-17-14-11-8-5-2/h7,9-10,12,16-21,25-27,29-30,32-34,36,38,57H,4-6,8,11,13-15,22-24,28,31,35,37,39-56H2,1-3H3/b10-7-,12-9-,19-16-,20-17-,21-18-,27-25-,30-29-,32-26-,36-33-,38-34-.